The van der Waals surface area contributed by atoms with Gasteiger partial charge >= 0.3 is 0 Å². The van der Waals surface area contributed by atoms with E-state index in [1.165, 1.54) is 11.0 Å². The maximum Gasteiger partial charge on any atom is 0.256 e. The van der Waals surface area contributed by atoms with Crippen LogP contribution < -0.4 is 5.73 Å². The second-order valence-electron chi connectivity index (χ2n) is 4.64. The van der Waals surface area contributed by atoms with E-state index in [9.17, 15) is 13.6 Å². The average Bonchev–Trinajstić information content (AvgIpc) is 2.44. The first-order valence-corrected chi connectivity index (χ1v) is 6.92. The van der Waals surface area contributed by atoms with Gasteiger partial charge in [0, 0.05) is 23.8 Å². The zero-order chi connectivity index (χ0) is 15.6. The highest BCUT2D eigenvalue weighted by Gasteiger charge is 2.16. The number of anilines is 1. The molecule has 2 rings (SSSR count). The molecule has 6 heteroatoms. The van der Waals surface area contributed by atoms with E-state index in [0.29, 0.717) is 16.8 Å². The number of nitrogens with two attached hydrogens (primary N) is 1. The van der Waals surface area contributed by atoms with Crippen LogP contribution in [0.1, 0.15) is 15.9 Å². The summed E-state index contributed by atoms with van der Waals surface area (Å²) in [5.41, 5.74) is 7.00. The number of halogens is 3. The summed E-state index contributed by atoms with van der Waals surface area (Å²) in [5.74, 6) is -2.14. The Morgan fingerprint density at radius 1 is 1.19 bits per heavy atom. The molecule has 0 fully saturated rings. The lowest BCUT2D eigenvalue weighted by Crippen LogP contribution is -2.27. The van der Waals surface area contributed by atoms with E-state index in [1.54, 1.807) is 25.2 Å². The van der Waals surface area contributed by atoms with Gasteiger partial charge in [-0.05, 0) is 35.9 Å². The molecule has 1 amide bonds. The van der Waals surface area contributed by atoms with Gasteiger partial charge in [-0.2, -0.15) is 0 Å². The van der Waals surface area contributed by atoms with Gasteiger partial charge in [-0.15, -0.1) is 0 Å². The number of amides is 1. The van der Waals surface area contributed by atoms with Gasteiger partial charge in [0.15, 0.2) is 11.6 Å². The van der Waals surface area contributed by atoms with Gasteiger partial charge in [0.1, 0.15) is 0 Å². The molecule has 0 aliphatic carbocycles. The summed E-state index contributed by atoms with van der Waals surface area (Å²) >= 11 is 3.28. The van der Waals surface area contributed by atoms with Crippen LogP contribution in [0.3, 0.4) is 0 Å². The normalized spacial score (nSPS) is 10.5. The van der Waals surface area contributed by atoms with E-state index < -0.39 is 11.6 Å². The number of nitrogens with zero attached hydrogens (tertiary/aromatic N) is 1. The lowest BCUT2D eigenvalue weighted by atomic mass is 10.1. The van der Waals surface area contributed by atoms with Crippen LogP contribution >= 0.6 is 15.9 Å². The van der Waals surface area contributed by atoms with Crippen molar-refractivity contribution in [2.75, 3.05) is 12.8 Å². The standard InChI is InChI=1S/C15H13BrF2N2O/c1-20(8-9-2-4-12(17)13(18)6-9)15(21)11-7-10(16)3-5-14(11)19/h2-7H,8,19H2,1H3. The number of benzene rings is 2. The molecule has 0 aliphatic rings. The van der Waals surface area contributed by atoms with Gasteiger partial charge < -0.3 is 10.6 Å². The molecule has 3 nitrogen and oxygen atoms in total. The van der Waals surface area contributed by atoms with E-state index in [4.69, 9.17) is 5.73 Å². The maximum atomic E-state index is 13.2. The van der Waals surface area contributed by atoms with Crippen LogP contribution in [0.2, 0.25) is 0 Å². The minimum atomic E-state index is -0.935. The molecule has 0 unspecified atom stereocenters. The Hall–Kier alpha value is -1.95. The van der Waals surface area contributed by atoms with Crippen LogP contribution in [0.25, 0.3) is 0 Å². The first-order valence-electron chi connectivity index (χ1n) is 6.13. The zero-order valence-electron chi connectivity index (χ0n) is 11.2. The van der Waals surface area contributed by atoms with E-state index in [0.717, 1.165) is 16.6 Å². The number of hydrogen-bond acceptors (Lipinski definition) is 2. The first-order chi connectivity index (χ1) is 9.88. The Morgan fingerprint density at radius 3 is 2.57 bits per heavy atom. The zero-order valence-corrected chi connectivity index (χ0v) is 12.8. The van der Waals surface area contributed by atoms with Crippen molar-refractivity contribution in [1.29, 1.82) is 0 Å². The van der Waals surface area contributed by atoms with Crippen molar-refractivity contribution >= 4 is 27.5 Å². The molecule has 0 spiro atoms. The van der Waals surface area contributed by atoms with Gasteiger partial charge in [0.2, 0.25) is 0 Å². The molecule has 110 valence electrons. The first kappa shape index (κ1) is 15.4. The average molecular weight is 355 g/mol. The molecule has 0 atom stereocenters. The summed E-state index contributed by atoms with van der Waals surface area (Å²) in [5, 5.41) is 0. The number of hydrogen-bond donors (Lipinski definition) is 1. The van der Waals surface area contributed by atoms with Crippen LogP contribution in [-0.4, -0.2) is 17.9 Å². The molecule has 21 heavy (non-hydrogen) atoms. The van der Waals surface area contributed by atoms with E-state index in [2.05, 4.69) is 15.9 Å². The molecular formula is C15H13BrF2N2O. The fourth-order valence-electron chi connectivity index (χ4n) is 1.90. The molecule has 0 saturated carbocycles. The minimum absolute atomic E-state index is 0.155. The third-order valence-electron chi connectivity index (χ3n) is 3.00. The Morgan fingerprint density at radius 2 is 1.90 bits per heavy atom. The summed E-state index contributed by atoms with van der Waals surface area (Å²) in [6, 6.07) is 8.54. The monoisotopic (exact) mass is 354 g/mol. The summed E-state index contributed by atoms with van der Waals surface area (Å²) < 4.78 is 26.8. The van der Waals surface area contributed by atoms with Crippen LogP contribution in [0.5, 0.6) is 0 Å². The largest absolute Gasteiger partial charge is 0.398 e. The molecule has 2 aromatic rings. The molecule has 2 aromatic carbocycles. The molecular weight excluding hydrogens is 342 g/mol. The lowest BCUT2D eigenvalue weighted by Gasteiger charge is -2.18. The molecule has 2 N–H and O–H groups in total. The fraction of sp³-hybridized carbons (Fsp3) is 0.133. The van der Waals surface area contributed by atoms with Gasteiger partial charge in [0.25, 0.3) is 5.91 Å². The Kier molecular flexibility index (Phi) is 4.57. The molecule has 0 radical (unpaired) electrons. The van der Waals surface area contributed by atoms with Crippen molar-refractivity contribution in [3.8, 4) is 0 Å². The Labute approximate surface area is 129 Å². The highest BCUT2D eigenvalue weighted by atomic mass is 79.9. The van der Waals surface area contributed by atoms with Crippen molar-refractivity contribution in [3.63, 3.8) is 0 Å². The van der Waals surface area contributed by atoms with Gasteiger partial charge in [0.05, 0.1) is 5.56 Å². The van der Waals surface area contributed by atoms with Crippen LogP contribution in [0, 0.1) is 11.6 Å². The Balaban J connectivity index is 2.19. The third kappa shape index (κ3) is 3.58. The van der Waals surface area contributed by atoms with Crippen molar-refractivity contribution in [1.82, 2.24) is 4.90 Å². The number of nitrogen functional groups attached to an aromatic ring is 1. The Bertz CT molecular complexity index is 691. The quantitative estimate of drug-likeness (QED) is 0.856. The van der Waals surface area contributed by atoms with Crippen LogP contribution in [-0.2, 0) is 6.54 Å². The smallest absolute Gasteiger partial charge is 0.256 e. The highest BCUT2D eigenvalue weighted by Crippen LogP contribution is 2.20. The summed E-state index contributed by atoms with van der Waals surface area (Å²) in [6.45, 7) is 0.155. The van der Waals surface area contributed by atoms with Crippen molar-refractivity contribution < 1.29 is 13.6 Å². The van der Waals surface area contributed by atoms with Gasteiger partial charge in [-0.3, -0.25) is 4.79 Å². The molecule has 0 aliphatic heterocycles. The second-order valence-corrected chi connectivity index (χ2v) is 5.56. The molecule has 0 heterocycles. The number of carbonyl (C=O) groups excluding carboxylic acids is 1. The minimum Gasteiger partial charge on any atom is -0.398 e. The lowest BCUT2D eigenvalue weighted by molar-refractivity contribution is 0.0786. The molecule has 0 saturated heterocycles. The predicted octanol–water partition coefficient (Wildman–Crippen LogP) is 3.58. The van der Waals surface area contributed by atoms with Crippen molar-refractivity contribution in [2.24, 2.45) is 0 Å². The van der Waals surface area contributed by atoms with E-state index in [-0.39, 0.29) is 12.5 Å². The van der Waals surface area contributed by atoms with Crippen molar-refractivity contribution in [3.05, 3.63) is 63.6 Å². The van der Waals surface area contributed by atoms with E-state index in [1.807, 2.05) is 0 Å². The second kappa shape index (κ2) is 6.22. The summed E-state index contributed by atoms with van der Waals surface area (Å²) in [7, 11) is 1.57. The van der Waals surface area contributed by atoms with Crippen LogP contribution in [0.4, 0.5) is 14.5 Å². The summed E-state index contributed by atoms with van der Waals surface area (Å²) in [6.07, 6.45) is 0. The SMILES string of the molecule is CN(Cc1ccc(F)c(F)c1)C(=O)c1cc(Br)ccc1N. The predicted molar refractivity (Wildman–Crippen MR) is 80.7 cm³/mol. The number of carbonyl (C=O) groups is 1. The fourth-order valence-corrected chi connectivity index (χ4v) is 2.26. The maximum absolute atomic E-state index is 13.2. The van der Waals surface area contributed by atoms with Gasteiger partial charge in [-0.25, -0.2) is 8.78 Å². The van der Waals surface area contributed by atoms with Crippen molar-refractivity contribution in [2.45, 2.75) is 6.54 Å². The highest BCUT2D eigenvalue weighted by molar-refractivity contribution is 9.10. The van der Waals surface area contributed by atoms with Crippen LogP contribution in [0.15, 0.2) is 40.9 Å². The van der Waals surface area contributed by atoms with Gasteiger partial charge in [-0.1, -0.05) is 22.0 Å². The third-order valence-corrected chi connectivity index (χ3v) is 3.49. The topological polar surface area (TPSA) is 46.3 Å². The van der Waals surface area contributed by atoms with E-state index >= 15 is 0 Å². The molecule has 0 bridgehead atoms. The molecule has 0 aromatic heterocycles. The number of rotatable bonds is 3. The summed E-state index contributed by atoms with van der Waals surface area (Å²) in [4.78, 5) is 13.7.